The second-order valence-corrected chi connectivity index (χ2v) is 8.41. The minimum absolute atomic E-state index is 0.188. The van der Waals surface area contributed by atoms with Crippen molar-refractivity contribution in [1.29, 1.82) is 0 Å². The van der Waals surface area contributed by atoms with Crippen molar-refractivity contribution >= 4 is 27.7 Å². The average Bonchev–Trinajstić information content (AvgIpc) is 2.73. The van der Waals surface area contributed by atoms with Gasteiger partial charge < -0.3 is 10.2 Å². The number of pyridine rings is 1. The molecule has 1 aliphatic rings. The summed E-state index contributed by atoms with van der Waals surface area (Å²) in [4.78, 5) is 18.5. The van der Waals surface area contributed by atoms with Crippen LogP contribution in [0.3, 0.4) is 0 Å². The molecule has 28 heavy (non-hydrogen) atoms. The number of aromatic nitrogens is 1. The van der Waals surface area contributed by atoms with E-state index in [4.69, 9.17) is 0 Å². The van der Waals surface area contributed by atoms with E-state index in [0.29, 0.717) is 18.8 Å². The van der Waals surface area contributed by atoms with Gasteiger partial charge in [0.25, 0.3) is 0 Å². The first kappa shape index (κ1) is 20.2. The molecule has 2 aromatic rings. The highest BCUT2D eigenvalue weighted by Gasteiger charge is 2.28. The summed E-state index contributed by atoms with van der Waals surface area (Å²) in [5.74, 6) is -0.331. The van der Waals surface area contributed by atoms with Crippen LogP contribution in [0.5, 0.6) is 0 Å². The molecule has 3 rings (SSSR count). The summed E-state index contributed by atoms with van der Waals surface area (Å²) in [5, 5.41) is 2.71. The molecule has 1 aliphatic heterocycles. The van der Waals surface area contributed by atoms with Gasteiger partial charge >= 0.3 is 0 Å². The fraction of sp³-hybridized carbons (Fsp3) is 0.300. The standard InChI is InChI=1S/C20H24N4O3S/c1-2-23-12-14-24(15-13-23)28(26,27)19-5-3-4-18(16-19)22-20(25)7-6-17-8-10-21-11-9-17/h3-11,16H,2,12-15H2,1H3,(H,22,25)/b7-6+. The molecule has 8 heteroatoms. The number of sulfonamides is 1. The Morgan fingerprint density at radius 1 is 1.14 bits per heavy atom. The van der Waals surface area contributed by atoms with E-state index in [1.54, 1.807) is 48.8 Å². The van der Waals surface area contributed by atoms with Crippen LogP contribution < -0.4 is 5.32 Å². The van der Waals surface area contributed by atoms with E-state index in [0.717, 1.165) is 25.2 Å². The molecule has 1 saturated heterocycles. The van der Waals surface area contributed by atoms with Gasteiger partial charge in [0.2, 0.25) is 15.9 Å². The molecule has 0 radical (unpaired) electrons. The van der Waals surface area contributed by atoms with Crippen molar-refractivity contribution in [1.82, 2.24) is 14.2 Å². The van der Waals surface area contributed by atoms with Crippen LogP contribution in [0, 0.1) is 0 Å². The zero-order chi connectivity index (χ0) is 20.0. The van der Waals surface area contributed by atoms with E-state index in [1.807, 2.05) is 0 Å². The first-order valence-electron chi connectivity index (χ1n) is 9.20. The van der Waals surface area contributed by atoms with Gasteiger partial charge in [-0.2, -0.15) is 4.31 Å². The van der Waals surface area contributed by atoms with Crippen molar-refractivity contribution in [3.05, 3.63) is 60.4 Å². The largest absolute Gasteiger partial charge is 0.322 e. The van der Waals surface area contributed by atoms with E-state index in [1.165, 1.54) is 16.4 Å². The summed E-state index contributed by atoms with van der Waals surface area (Å²) < 4.78 is 27.3. The van der Waals surface area contributed by atoms with Gasteiger partial charge in [0, 0.05) is 50.3 Å². The Balaban J connectivity index is 1.68. The topological polar surface area (TPSA) is 82.6 Å². The minimum atomic E-state index is -3.58. The number of nitrogens with zero attached hydrogens (tertiary/aromatic N) is 3. The lowest BCUT2D eigenvalue weighted by Gasteiger charge is -2.33. The molecule has 1 amide bonds. The van der Waals surface area contributed by atoms with Gasteiger partial charge in [0.05, 0.1) is 4.90 Å². The van der Waals surface area contributed by atoms with Crippen LogP contribution in [-0.4, -0.2) is 61.2 Å². The molecule has 0 spiro atoms. The maximum Gasteiger partial charge on any atom is 0.248 e. The van der Waals surface area contributed by atoms with Crippen LogP contribution >= 0.6 is 0 Å². The fourth-order valence-corrected chi connectivity index (χ4v) is 4.47. The molecule has 1 fully saturated rings. The van der Waals surface area contributed by atoms with Crippen molar-refractivity contribution in [2.75, 3.05) is 38.0 Å². The van der Waals surface area contributed by atoms with Crippen molar-refractivity contribution in [2.45, 2.75) is 11.8 Å². The molecule has 1 N–H and O–H groups in total. The van der Waals surface area contributed by atoms with Crippen molar-refractivity contribution in [3.63, 3.8) is 0 Å². The number of piperazine rings is 1. The Hall–Kier alpha value is -2.55. The SMILES string of the molecule is CCN1CCN(S(=O)(=O)c2cccc(NC(=O)/C=C/c3ccncc3)c2)CC1. The molecule has 0 aliphatic carbocycles. The van der Waals surface area contributed by atoms with Gasteiger partial charge in [-0.3, -0.25) is 9.78 Å². The highest BCUT2D eigenvalue weighted by Crippen LogP contribution is 2.21. The number of amides is 1. The third kappa shape index (κ3) is 5.03. The molecular weight excluding hydrogens is 376 g/mol. The molecular formula is C20H24N4O3S. The Morgan fingerprint density at radius 2 is 1.86 bits per heavy atom. The summed E-state index contributed by atoms with van der Waals surface area (Å²) in [6.07, 6.45) is 6.36. The highest BCUT2D eigenvalue weighted by molar-refractivity contribution is 7.89. The smallest absolute Gasteiger partial charge is 0.248 e. The third-order valence-electron chi connectivity index (χ3n) is 4.65. The quantitative estimate of drug-likeness (QED) is 0.751. The Labute approximate surface area is 165 Å². The van der Waals surface area contributed by atoms with Gasteiger partial charge in [-0.05, 0) is 48.5 Å². The number of anilines is 1. The summed E-state index contributed by atoms with van der Waals surface area (Å²) in [6, 6.07) is 9.94. The van der Waals surface area contributed by atoms with Crippen LogP contribution in [0.1, 0.15) is 12.5 Å². The fourth-order valence-electron chi connectivity index (χ4n) is 3.00. The molecule has 2 heterocycles. The van der Waals surface area contributed by atoms with E-state index in [-0.39, 0.29) is 10.8 Å². The minimum Gasteiger partial charge on any atom is -0.322 e. The number of likely N-dealkylation sites (N-methyl/N-ethyl adjacent to an activating group) is 1. The Morgan fingerprint density at radius 3 is 2.54 bits per heavy atom. The van der Waals surface area contributed by atoms with Crippen LogP contribution in [0.25, 0.3) is 6.08 Å². The molecule has 1 aromatic carbocycles. The first-order chi connectivity index (χ1) is 13.5. The van der Waals surface area contributed by atoms with E-state index >= 15 is 0 Å². The third-order valence-corrected chi connectivity index (χ3v) is 6.55. The normalized spacial score (nSPS) is 16.3. The van der Waals surface area contributed by atoms with Crippen molar-refractivity contribution in [3.8, 4) is 0 Å². The molecule has 0 unspecified atom stereocenters. The summed E-state index contributed by atoms with van der Waals surface area (Å²) in [5.41, 5.74) is 1.30. The number of hydrogen-bond acceptors (Lipinski definition) is 5. The zero-order valence-electron chi connectivity index (χ0n) is 15.8. The van der Waals surface area contributed by atoms with Crippen LogP contribution in [0.2, 0.25) is 0 Å². The average molecular weight is 401 g/mol. The van der Waals surface area contributed by atoms with Gasteiger partial charge in [0.1, 0.15) is 0 Å². The number of hydrogen-bond donors (Lipinski definition) is 1. The summed E-state index contributed by atoms with van der Waals surface area (Å²) in [7, 11) is -3.58. The number of carbonyl (C=O) groups excluding carboxylic acids is 1. The lowest BCUT2D eigenvalue weighted by Crippen LogP contribution is -2.48. The maximum atomic E-state index is 12.9. The number of rotatable bonds is 6. The second kappa shape index (κ2) is 9.09. The Kier molecular flexibility index (Phi) is 6.56. The molecule has 0 atom stereocenters. The van der Waals surface area contributed by atoms with Crippen molar-refractivity contribution in [2.24, 2.45) is 0 Å². The highest BCUT2D eigenvalue weighted by atomic mass is 32.2. The predicted molar refractivity (Wildman–Crippen MR) is 109 cm³/mol. The number of carbonyl (C=O) groups is 1. The van der Waals surface area contributed by atoms with Crippen LogP contribution in [0.15, 0.2) is 59.8 Å². The molecule has 0 saturated carbocycles. The lowest BCUT2D eigenvalue weighted by atomic mass is 10.2. The predicted octanol–water partition coefficient (Wildman–Crippen LogP) is 2.06. The summed E-state index contributed by atoms with van der Waals surface area (Å²) in [6.45, 7) is 5.39. The van der Waals surface area contributed by atoms with Crippen LogP contribution in [-0.2, 0) is 14.8 Å². The van der Waals surface area contributed by atoms with Crippen molar-refractivity contribution < 1.29 is 13.2 Å². The second-order valence-electron chi connectivity index (χ2n) is 6.47. The van der Waals surface area contributed by atoms with E-state index in [9.17, 15) is 13.2 Å². The van der Waals surface area contributed by atoms with Gasteiger partial charge in [-0.15, -0.1) is 0 Å². The maximum absolute atomic E-state index is 12.9. The van der Waals surface area contributed by atoms with Gasteiger partial charge in [-0.1, -0.05) is 13.0 Å². The van der Waals surface area contributed by atoms with E-state index < -0.39 is 10.0 Å². The number of benzene rings is 1. The van der Waals surface area contributed by atoms with Gasteiger partial charge in [0.15, 0.2) is 0 Å². The molecule has 148 valence electrons. The summed E-state index contributed by atoms with van der Waals surface area (Å²) >= 11 is 0. The molecule has 7 nitrogen and oxygen atoms in total. The van der Waals surface area contributed by atoms with Gasteiger partial charge in [-0.25, -0.2) is 8.42 Å². The lowest BCUT2D eigenvalue weighted by molar-refractivity contribution is -0.111. The Bertz CT molecular complexity index is 937. The molecule has 1 aromatic heterocycles. The monoisotopic (exact) mass is 400 g/mol. The van der Waals surface area contributed by atoms with E-state index in [2.05, 4.69) is 22.1 Å². The first-order valence-corrected chi connectivity index (χ1v) is 10.6. The zero-order valence-corrected chi connectivity index (χ0v) is 16.6. The number of nitrogens with one attached hydrogen (secondary N) is 1. The van der Waals surface area contributed by atoms with Crippen LogP contribution in [0.4, 0.5) is 5.69 Å². The molecule has 0 bridgehead atoms.